The summed E-state index contributed by atoms with van der Waals surface area (Å²) in [6.07, 6.45) is 6.91. The predicted octanol–water partition coefficient (Wildman–Crippen LogP) is 2.21. The molecule has 2 heterocycles. The van der Waals surface area contributed by atoms with E-state index >= 15 is 0 Å². The lowest BCUT2D eigenvalue weighted by atomic mass is 10.2. The summed E-state index contributed by atoms with van der Waals surface area (Å²) in [4.78, 5) is 12.6. The van der Waals surface area contributed by atoms with Crippen molar-refractivity contribution < 1.29 is 0 Å². The highest BCUT2D eigenvalue weighted by Crippen LogP contribution is 2.17. The topological polar surface area (TPSA) is 76.7 Å². The first kappa shape index (κ1) is 11.6. The molecule has 17 heavy (non-hydrogen) atoms. The quantitative estimate of drug-likeness (QED) is 0.771. The number of pyridine rings is 1. The number of anilines is 2. The van der Waals surface area contributed by atoms with Crippen LogP contribution in [0.4, 0.5) is 11.8 Å². The minimum absolute atomic E-state index is 0.496. The van der Waals surface area contributed by atoms with Gasteiger partial charge < -0.3 is 11.1 Å². The Balaban J connectivity index is 2.13. The number of nitrogens with zero attached hydrogens (tertiary/aromatic N) is 3. The van der Waals surface area contributed by atoms with E-state index in [0.29, 0.717) is 11.8 Å². The summed E-state index contributed by atoms with van der Waals surface area (Å²) in [6, 6.07) is 1.82. The van der Waals surface area contributed by atoms with E-state index in [-0.39, 0.29) is 0 Å². The van der Waals surface area contributed by atoms with Crippen LogP contribution in [0.1, 0.15) is 26.2 Å². The molecule has 2 rings (SSSR count). The van der Waals surface area contributed by atoms with Gasteiger partial charge in [-0.3, -0.25) is 4.98 Å². The van der Waals surface area contributed by atoms with Crippen LogP contribution in [0.2, 0.25) is 0 Å². The summed E-state index contributed by atoms with van der Waals surface area (Å²) < 4.78 is 0. The number of hydrogen-bond acceptors (Lipinski definition) is 5. The molecule has 0 aliphatic rings. The third kappa shape index (κ3) is 2.81. The van der Waals surface area contributed by atoms with Crippen LogP contribution < -0.4 is 11.1 Å². The van der Waals surface area contributed by atoms with Crippen molar-refractivity contribution in [3.63, 3.8) is 0 Å². The Morgan fingerprint density at radius 3 is 3.00 bits per heavy atom. The number of hydrogen-bond donors (Lipinski definition) is 2. The van der Waals surface area contributed by atoms with E-state index in [1.807, 2.05) is 6.07 Å². The van der Waals surface area contributed by atoms with E-state index in [1.165, 1.54) is 12.8 Å². The fourth-order valence-corrected chi connectivity index (χ4v) is 1.66. The Hall–Kier alpha value is -1.91. The maximum Gasteiger partial charge on any atom is 0.225 e. The number of nitrogen functional groups attached to an aromatic ring is 1. The van der Waals surface area contributed by atoms with Crippen LogP contribution in [0.5, 0.6) is 0 Å². The fourth-order valence-electron chi connectivity index (χ4n) is 1.66. The normalized spacial score (nSPS) is 10.6. The standard InChI is InChI=1S/C12H17N5/c1-2-3-4-6-15-12-16-10-8-14-7-5-9(10)11(13)17-12/h5,7-8H,2-4,6H2,1H3,(H3,13,15,16,17). The van der Waals surface area contributed by atoms with Gasteiger partial charge in [0, 0.05) is 18.1 Å². The lowest BCUT2D eigenvalue weighted by molar-refractivity contribution is 0.741. The first-order valence-corrected chi connectivity index (χ1v) is 5.92. The van der Waals surface area contributed by atoms with Crippen LogP contribution in [-0.2, 0) is 0 Å². The second kappa shape index (κ2) is 5.43. The summed E-state index contributed by atoms with van der Waals surface area (Å²) >= 11 is 0. The second-order valence-electron chi connectivity index (χ2n) is 3.96. The lowest BCUT2D eigenvalue weighted by Crippen LogP contribution is -2.07. The number of fused-ring (bicyclic) bond motifs is 1. The van der Waals surface area contributed by atoms with Crippen molar-refractivity contribution in [2.45, 2.75) is 26.2 Å². The molecule has 90 valence electrons. The summed E-state index contributed by atoms with van der Waals surface area (Å²) in [5, 5.41) is 4.03. The molecular weight excluding hydrogens is 214 g/mol. The molecule has 0 unspecified atom stereocenters. The van der Waals surface area contributed by atoms with Crippen molar-refractivity contribution in [3.8, 4) is 0 Å². The zero-order chi connectivity index (χ0) is 12.1. The molecule has 0 fully saturated rings. The summed E-state index contributed by atoms with van der Waals surface area (Å²) in [6.45, 7) is 3.05. The Morgan fingerprint density at radius 1 is 1.29 bits per heavy atom. The van der Waals surface area contributed by atoms with Crippen molar-refractivity contribution in [3.05, 3.63) is 18.5 Å². The first-order valence-electron chi connectivity index (χ1n) is 5.92. The van der Waals surface area contributed by atoms with Crippen LogP contribution >= 0.6 is 0 Å². The molecule has 0 radical (unpaired) electrons. The van der Waals surface area contributed by atoms with Gasteiger partial charge in [-0.25, -0.2) is 4.98 Å². The van der Waals surface area contributed by atoms with E-state index in [1.54, 1.807) is 12.4 Å². The monoisotopic (exact) mass is 231 g/mol. The third-order valence-corrected chi connectivity index (χ3v) is 2.59. The van der Waals surface area contributed by atoms with E-state index < -0.39 is 0 Å². The highest BCUT2D eigenvalue weighted by atomic mass is 15.1. The molecule has 0 aromatic carbocycles. The van der Waals surface area contributed by atoms with Gasteiger partial charge in [0.25, 0.3) is 0 Å². The molecule has 2 aromatic rings. The number of unbranched alkanes of at least 4 members (excludes halogenated alkanes) is 2. The van der Waals surface area contributed by atoms with Gasteiger partial charge in [0.05, 0.1) is 11.7 Å². The van der Waals surface area contributed by atoms with Crippen molar-refractivity contribution in [1.82, 2.24) is 15.0 Å². The van der Waals surface area contributed by atoms with Crippen LogP contribution in [0.15, 0.2) is 18.5 Å². The van der Waals surface area contributed by atoms with Gasteiger partial charge in [-0.05, 0) is 12.5 Å². The van der Waals surface area contributed by atoms with E-state index in [0.717, 1.165) is 23.9 Å². The van der Waals surface area contributed by atoms with E-state index in [9.17, 15) is 0 Å². The maximum absolute atomic E-state index is 5.87. The highest BCUT2D eigenvalue weighted by molar-refractivity contribution is 5.88. The molecule has 0 atom stereocenters. The number of nitrogens with one attached hydrogen (secondary N) is 1. The average Bonchev–Trinajstić information content (AvgIpc) is 2.35. The maximum atomic E-state index is 5.87. The van der Waals surface area contributed by atoms with Crippen molar-refractivity contribution in [1.29, 1.82) is 0 Å². The minimum Gasteiger partial charge on any atom is -0.383 e. The van der Waals surface area contributed by atoms with Gasteiger partial charge >= 0.3 is 0 Å². The molecule has 0 bridgehead atoms. The summed E-state index contributed by atoms with van der Waals surface area (Å²) in [7, 11) is 0. The van der Waals surface area contributed by atoms with Gasteiger partial charge in [-0.2, -0.15) is 4.98 Å². The molecule has 0 spiro atoms. The molecule has 0 aliphatic carbocycles. The molecule has 5 heteroatoms. The first-order chi connectivity index (χ1) is 8.31. The van der Waals surface area contributed by atoms with Gasteiger partial charge in [-0.15, -0.1) is 0 Å². The number of nitrogens with two attached hydrogens (primary N) is 1. The SMILES string of the molecule is CCCCCNc1nc(N)c2ccncc2n1. The number of rotatable bonds is 5. The molecule has 3 N–H and O–H groups in total. The molecule has 0 saturated heterocycles. The van der Waals surface area contributed by atoms with Crippen molar-refractivity contribution >= 4 is 22.7 Å². The van der Waals surface area contributed by atoms with Gasteiger partial charge in [0.2, 0.25) is 5.95 Å². The molecule has 0 aliphatic heterocycles. The smallest absolute Gasteiger partial charge is 0.225 e. The van der Waals surface area contributed by atoms with E-state index in [4.69, 9.17) is 5.73 Å². The van der Waals surface area contributed by atoms with E-state index in [2.05, 4.69) is 27.2 Å². The van der Waals surface area contributed by atoms with Gasteiger partial charge in [-0.1, -0.05) is 19.8 Å². The zero-order valence-corrected chi connectivity index (χ0v) is 9.98. The van der Waals surface area contributed by atoms with Crippen molar-refractivity contribution in [2.75, 3.05) is 17.6 Å². The molecule has 2 aromatic heterocycles. The highest BCUT2D eigenvalue weighted by Gasteiger charge is 2.03. The summed E-state index contributed by atoms with van der Waals surface area (Å²) in [5.41, 5.74) is 6.64. The van der Waals surface area contributed by atoms with Crippen LogP contribution in [0.3, 0.4) is 0 Å². The van der Waals surface area contributed by atoms with Crippen molar-refractivity contribution in [2.24, 2.45) is 0 Å². The fraction of sp³-hybridized carbons (Fsp3) is 0.417. The molecule has 0 saturated carbocycles. The second-order valence-corrected chi connectivity index (χ2v) is 3.96. The predicted molar refractivity (Wildman–Crippen MR) is 69.8 cm³/mol. The Bertz CT molecular complexity index is 497. The largest absolute Gasteiger partial charge is 0.383 e. The molecular formula is C12H17N5. The summed E-state index contributed by atoms with van der Waals surface area (Å²) in [5.74, 6) is 1.08. The Morgan fingerprint density at radius 2 is 2.18 bits per heavy atom. The minimum atomic E-state index is 0.496. The Labute approximate surface area is 100 Å². The lowest BCUT2D eigenvalue weighted by Gasteiger charge is -2.06. The van der Waals surface area contributed by atoms with Gasteiger partial charge in [0.15, 0.2) is 0 Å². The molecule has 0 amide bonds. The Kier molecular flexibility index (Phi) is 3.69. The van der Waals surface area contributed by atoms with Gasteiger partial charge in [0.1, 0.15) is 5.82 Å². The van der Waals surface area contributed by atoms with Crippen LogP contribution in [0.25, 0.3) is 10.9 Å². The average molecular weight is 231 g/mol. The third-order valence-electron chi connectivity index (χ3n) is 2.59. The molecule has 5 nitrogen and oxygen atoms in total. The zero-order valence-electron chi connectivity index (χ0n) is 9.98. The number of aromatic nitrogens is 3. The van der Waals surface area contributed by atoms with Crippen LogP contribution in [0, 0.1) is 0 Å². The van der Waals surface area contributed by atoms with Crippen LogP contribution in [-0.4, -0.2) is 21.5 Å².